The van der Waals surface area contributed by atoms with Gasteiger partial charge in [-0.2, -0.15) is 0 Å². The van der Waals surface area contributed by atoms with Gasteiger partial charge in [0.2, 0.25) is 0 Å². The third kappa shape index (κ3) is 5.25. The third-order valence-electron chi connectivity index (χ3n) is 6.77. The van der Waals surface area contributed by atoms with Crippen molar-refractivity contribution in [2.45, 2.75) is 69.3 Å². The Morgan fingerprint density at radius 3 is 2.66 bits per heavy atom. The van der Waals surface area contributed by atoms with Crippen LogP contribution in [-0.4, -0.2) is 47.0 Å². The number of hydrogen-bond donors (Lipinski definition) is 0. The monoisotopic (exact) mass is 456 g/mol. The van der Waals surface area contributed by atoms with Gasteiger partial charge in [0.15, 0.2) is 5.16 Å². The highest BCUT2D eigenvalue weighted by Crippen LogP contribution is 2.31. The van der Waals surface area contributed by atoms with Gasteiger partial charge in [-0.25, -0.2) is 14.4 Å². The predicted octanol–water partition coefficient (Wildman–Crippen LogP) is 5.47. The van der Waals surface area contributed by atoms with E-state index < -0.39 is 5.82 Å². The summed E-state index contributed by atoms with van der Waals surface area (Å²) in [6.45, 7) is 5.76. The Kier molecular flexibility index (Phi) is 7.33. The number of aromatic nitrogens is 2. The number of carbonyl (C=O) groups is 1. The van der Waals surface area contributed by atoms with Crippen LogP contribution in [0.1, 0.15) is 67.1 Å². The third-order valence-corrected chi connectivity index (χ3v) is 7.69. The summed E-state index contributed by atoms with van der Waals surface area (Å²) in [4.78, 5) is 26.2. The first-order chi connectivity index (χ1) is 15.4. The number of likely N-dealkylation sites (tertiary alicyclic amines) is 1. The van der Waals surface area contributed by atoms with E-state index in [-0.39, 0.29) is 11.5 Å². The minimum atomic E-state index is -0.451. The van der Waals surface area contributed by atoms with Crippen LogP contribution in [0, 0.1) is 18.7 Å². The first kappa shape index (κ1) is 23.0. The fourth-order valence-corrected chi connectivity index (χ4v) is 5.72. The number of halogens is 1. The lowest BCUT2D eigenvalue weighted by atomic mass is 9.85. The lowest BCUT2D eigenvalue weighted by molar-refractivity contribution is 0.0788. The van der Waals surface area contributed by atoms with E-state index >= 15 is 0 Å². The van der Waals surface area contributed by atoms with Crippen LogP contribution in [0.4, 0.5) is 10.2 Å². The molecule has 172 valence electrons. The van der Waals surface area contributed by atoms with Gasteiger partial charge in [-0.15, -0.1) is 0 Å². The van der Waals surface area contributed by atoms with E-state index in [0.717, 1.165) is 29.9 Å². The van der Waals surface area contributed by atoms with E-state index in [4.69, 9.17) is 4.98 Å². The van der Waals surface area contributed by atoms with Gasteiger partial charge in [0.1, 0.15) is 11.6 Å². The zero-order chi connectivity index (χ0) is 22.7. The second kappa shape index (κ2) is 10.2. The van der Waals surface area contributed by atoms with Crippen LogP contribution in [0.15, 0.2) is 29.4 Å². The van der Waals surface area contributed by atoms with Gasteiger partial charge < -0.3 is 9.80 Å². The largest absolute Gasteiger partial charge is 0.356 e. The first-order valence-corrected chi connectivity index (χ1v) is 12.7. The SMILES string of the molecule is Cc1cc(N(C)C2CCCCC2C)nc(SCc2ccc(F)c(C(=O)N3CCCC3)c2)n1. The second-order valence-corrected chi connectivity index (χ2v) is 10.1. The van der Waals surface area contributed by atoms with Crippen molar-refractivity contribution in [1.82, 2.24) is 14.9 Å². The molecule has 1 aromatic carbocycles. The van der Waals surface area contributed by atoms with E-state index in [9.17, 15) is 9.18 Å². The molecule has 2 fully saturated rings. The number of thioether (sulfide) groups is 1. The Labute approximate surface area is 194 Å². The first-order valence-electron chi connectivity index (χ1n) is 11.7. The number of benzene rings is 1. The molecule has 1 amide bonds. The molecule has 1 aromatic heterocycles. The van der Waals surface area contributed by atoms with Crippen LogP contribution >= 0.6 is 11.8 Å². The van der Waals surface area contributed by atoms with Gasteiger partial charge in [0.05, 0.1) is 5.56 Å². The van der Waals surface area contributed by atoms with Gasteiger partial charge in [0.25, 0.3) is 5.91 Å². The molecular formula is C25H33FN4OS. The van der Waals surface area contributed by atoms with E-state index in [1.807, 2.05) is 6.92 Å². The van der Waals surface area contributed by atoms with Gasteiger partial charge in [-0.05, 0) is 56.2 Å². The zero-order valence-corrected chi connectivity index (χ0v) is 20.1. The molecule has 32 heavy (non-hydrogen) atoms. The molecule has 2 heterocycles. The number of anilines is 1. The van der Waals surface area contributed by atoms with Crippen molar-refractivity contribution in [3.05, 3.63) is 46.9 Å². The molecule has 1 saturated heterocycles. The second-order valence-electron chi connectivity index (χ2n) is 9.19. The summed E-state index contributed by atoms with van der Waals surface area (Å²) >= 11 is 1.53. The van der Waals surface area contributed by atoms with Crippen molar-refractivity contribution in [3.8, 4) is 0 Å². The summed E-state index contributed by atoms with van der Waals surface area (Å²) < 4.78 is 14.4. The van der Waals surface area contributed by atoms with Crippen LogP contribution in [0.2, 0.25) is 0 Å². The lowest BCUT2D eigenvalue weighted by Crippen LogP contribution is -2.39. The number of rotatable bonds is 6. The molecule has 0 bridgehead atoms. The van der Waals surface area contributed by atoms with Gasteiger partial charge in [0, 0.05) is 43.7 Å². The van der Waals surface area contributed by atoms with Crippen LogP contribution in [0.3, 0.4) is 0 Å². The number of hydrogen-bond acceptors (Lipinski definition) is 5. The molecule has 0 spiro atoms. The quantitative estimate of drug-likeness (QED) is 0.426. The standard InChI is InChI=1S/C25H33FN4OS/c1-17-8-4-5-9-22(17)29(3)23-14-18(2)27-25(28-23)32-16-19-10-11-21(26)20(15-19)24(31)30-12-6-7-13-30/h10-11,14-15,17,22H,4-9,12-13,16H2,1-3H3. The Morgan fingerprint density at radius 1 is 1.16 bits per heavy atom. The molecule has 4 rings (SSSR count). The summed E-state index contributed by atoms with van der Waals surface area (Å²) in [5, 5.41) is 0.715. The summed E-state index contributed by atoms with van der Waals surface area (Å²) in [6.07, 6.45) is 7.04. The minimum absolute atomic E-state index is 0.168. The molecule has 2 atom stereocenters. The topological polar surface area (TPSA) is 49.3 Å². The molecule has 2 aromatic rings. The molecule has 1 aliphatic carbocycles. The van der Waals surface area contributed by atoms with Crippen LogP contribution in [0.5, 0.6) is 0 Å². The Morgan fingerprint density at radius 2 is 1.91 bits per heavy atom. The predicted molar refractivity (Wildman–Crippen MR) is 128 cm³/mol. The Balaban J connectivity index is 1.47. The number of carbonyl (C=O) groups excluding carboxylic acids is 1. The van der Waals surface area contributed by atoms with E-state index in [1.54, 1.807) is 17.0 Å². The Hall–Kier alpha value is -2.15. The average molecular weight is 457 g/mol. The summed E-state index contributed by atoms with van der Waals surface area (Å²) in [7, 11) is 2.14. The fourth-order valence-electron chi connectivity index (χ4n) is 4.88. The summed E-state index contributed by atoms with van der Waals surface area (Å²) in [6, 6.07) is 7.40. The summed E-state index contributed by atoms with van der Waals surface area (Å²) in [5.74, 6) is 1.55. The zero-order valence-electron chi connectivity index (χ0n) is 19.3. The molecule has 0 radical (unpaired) electrons. The maximum absolute atomic E-state index is 14.4. The molecule has 2 aliphatic rings. The normalized spacial score (nSPS) is 21.1. The number of aryl methyl sites for hydroxylation is 1. The van der Waals surface area contributed by atoms with Crippen molar-refractivity contribution < 1.29 is 9.18 Å². The van der Waals surface area contributed by atoms with Crippen LogP contribution in [-0.2, 0) is 5.75 Å². The van der Waals surface area contributed by atoms with Crippen molar-refractivity contribution in [3.63, 3.8) is 0 Å². The molecule has 7 heteroatoms. The van der Waals surface area contributed by atoms with Crippen molar-refractivity contribution in [2.75, 3.05) is 25.0 Å². The van der Waals surface area contributed by atoms with Crippen molar-refractivity contribution in [2.24, 2.45) is 5.92 Å². The summed E-state index contributed by atoms with van der Waals surface area (Å²) in [5.41, 5.74) is 2.01. The molecular weight excluding hydrogens is 423 g/mol. The molecule has 1 saturated carbocycles. The van der Waals surface area contributed by atoms with Crippen molar-refractivity contribution >= 4 is 23.5 Å². The minimum Gasteiger partial charge on any atom is -0.356 e. The highest BCUT2D eigenvalue weighted by atomic mass is 32.2. The van der Waals surface area contributed by atoms with E-state index in [2.05, 4.69) is 29.9 Å². The lowest BCUT2D eigenvalue weighted by Gasteiger charge is -2.37. The molecule has 5 nitrogen and oxygen atoms in total. The van der Waals surface area contributed by atoms with Gasteiger partial charge in [-0.1, -0.05) is 37.6 Å². The highest BCUT2D eigenvalue weighted by molar-refractivity contribution is 7.98. The molecule has 1 aliphatic heterocycles. The maximum atomic E-state index is 14.4. The van der Waals surface area contributed by atoms with Gasteiger partial charge >= 0.3 is 0 Å². The Bertz CT molecular complexity index is 963. The van der Waals surface area contributed by atoms with Crippen molar-refractivity contribution in [1.29, 1.82) is 0 Å². The van der Waals surface area contributed by atoms with Crippen LogP contribution < -0.4 is 4.90 Å². The maximum Gasteiger partial charge on any atom is 0.256 e. The fraction of sp³-hybridized carbons (Fsp3) is 0.560. The van der Waals surface area contributed by atoms with Crippen LogP contribution in [0.25, 0.3) is 0 Å². The average Bonchev–Trinajstić information content (AvgIpc) is 3.32. The molecule has 0 N–H and O–H groups in total. The highest BCUT2D eigenvalue weighted by Gasteiger charge is 2.26. The molecule has 2 unspecified atom stereocenters. The van der Waals surface area contributed by atoms with E-state index in [1.165, 1.54) is 43.5 Å². The van der Waals surface area contributed by atoms with E-state index in [0.29, 0.717) is 36.0 Å². The van der Waals surface area contributed by atoms with Gasteiger partial charge in [-0.3, -0.25) is 4.79 Å². The smallest absolute Gasteiger partial charge is 0.256 e. The number of nitrogens with zero attached hydrogens (tertiary/aromatic N) is 4. The number of amides is 1.